The van der Waals surface area contributed by atoms with Gasteiger partial charge in [-0.25, -0.2) is 4.98 Å². The van der Waals surface area contributed by atoms with Crippen LogP contribution in [0.25, 0.3) is 21.5 Å². The van der Waals surface area contributed by atoms with E-state index in [1.165, 1.54) is 4.88 Å². The molecule has 0 spiro atoms. The molecule has 146 valence electrons. The van der Waals surface area contributed by atoms with Gasteiger partial charge in [0.1, 0.15) is 11.5 Å². The fourth-order valence-corrected chi connectivity index (χ4v) is 3.98. The van der Waals surface area contributed by atoms with E-state index in [9.17, 15) is 4.79 Å². The van der Waals surface area contributed by atoms with E-state index in [1.54, 1.807) is 43.8 Å². The van der Waals surface area contributed by atoms with E-state index >= 15 is 0 Å². The van der Waals surface area contributed by atoms with Gasteiger partial charge in [0, 0.05) is 16.3 Å². The number of thiophene rings is 1. The summed E-state index contributed by atoms with van der Waals surface area (Å²) in [5.74, 6) is 0.969. The van der Waals surface area contributed by atoms with E-state index in [0.717, 1.165) is 21.5 Å². The highest BCUT2D eigenvalue weighted by Gasteiger charge is 2.16. The number of hydrogen-bond donors (Lipinski definition) is 1. The third-order valence-corrected chi connectivity index (χ3v) is 5.63. The van der Waals surface area contributed by atoms with Crippen molar-refractivity contribution < 1.29 is 14.3 Å². The van der Waals surface area contributed by atoms with Crippen LogP contribution in [-0.4, -0.2) is 25.1 Å². The van der Waals surface area contributed by atoms with Crippen molar-refractivity contribution in [3.05, 3.63) is 71.1 Å². The topological polar surface area (TPSA) is 60.5 Å². The van der Waals surface area contributed by atoms with Crippen LogP contribution in [0.4, 0.5) is 5.69 Å². The SMILES string of the molecule is COc1ccc(NC(=O)c2cc(-c3ccc(C)s3)nc3ccccc23)c(OC)c1. The Morgan fingerprint density at radius 1 is 1.00 bits per heavy atom. The number of benzene rings is 2. The fourth-order valence-electron chi connectivity index (χ4n) is 3.15. The molecular formula is C23H20N2O3S. The molecule has 0 radical (unpaired) electrons. The molecule has 0 aliphatic rings. The van der Waals surface area contributed by atoms with Crippen molar-refractivity contribution in [3.8, 4) is 22.1 Å². The molecule has 2 heterocycles. The number of anilines is 1. The van der Waals surface area contributed by atoms with Gasteiger partial charge in [-0.3, -0.25) is 4.79 Å². The van der Waals surface area contributed by atoms with Gasteiger partial charge in [0.2, 0.25) is 0 Å². The van der Waals surface area contributed by atoms with Crippen LogP contribution in [-0.2, 0) is 0 Å². The number of ether oxygens (including phenoxy) is 2. The first kappa shape index (κ1) is 19.0. The summed E-state index contributed by atoms with van der Waals surface area (Å²) >= 11 is 1.66. The Bertz CT molecular complexity index is 1200. The summed E-state index contributed by atoms with van der Waals surface area (Å²) < 4.78 is 10.6. The van der Waals surface area contributed by atoms with Crippen LogP contribution in [0, 0.1) is 6.92 Å². The molecule has 29 heavy (non-hydrogen) atoms. The molecule has 0 atom stereocenters. The molecule has 0 bridgehead atoms. The molecule has 0 aliphatic heterocycles. The van der Waals surface area contributed by atoms with E-state index in [1.807, 2.05) is 36.4 Å². The number of carbonyl (C=O) groups is 1. The number of rotatable bonds is 5. The van der Waals surface area contributed by atoms with Crippen LogP contribution >= 0.6 is 11.3 Å². The van der Waals surface area contributed by atoms with Crippen molar-refractivity contribution >= 4 is 33.8 Å². The molecule has 0 aliphatic carbocycles. The minimum Gasteiger partial charge on any atom is -0.497 e. The third-order valence-electron chi connectivity index (χ3n) is 4.61. The number of carbonyl (C=O) groups excluding carboxylic acids is 1. The maximum absolute atomic E-state index is 13.2. The van der Waals surface area contributed by atoms with Crippen molar-refractivity contribution in [1.82, 2.24) is 4.98 Å². The van der Waals surface area contributed by atoms with Gasteiger partial charge in [0.25, 0.3) is 5.91 Å². The summed E-state index contributed by atoms with van der Waals surface area (Å²) in [4.78, 5) is 20.2. The lowest BCUT2D eigenvalue weighted by Crippen LogP contribution is -2.13. The van der Waals surface area contributed by atoms with Crippen LogP contribution in [0.1, 0.15) is 15.2 Å². The zero-order valence-electron chi connectivity index (χ0n) is 16.4. The predicted octanol–water partition coefficient (Wildman–Crippen LogP) is 5.54. The van der Waals surface area contributed by atoms with Crippen molar-refractivity contribution in [3.63, 3.8) is 0 Å². The molecule has 4 rings (SSSR count). The highest BCUT2D eigenvalue weighted by molar-refractivity contribution is 7.15. The monoisotopic (exact) mass is 404 g/mol. The van der Waals surface area contributed by atoms with Gasteiger partial charge in [-0.05, 0) is 43.3 Å². The Hall–Kier alpha value is -3.38. The number of aromatic nitrogens is 1. The standard InChI is InChI=1S/C23H20N2O3S/c1-14-8-11-22(29-14)20-13-17(16-6-4-5-7-18(16)24-20)23(26)25-19-10-9-15(27-2)12-21(19)28-3/h4-13H,1-3H3,(H,25,26). The Morgan fingerprint density at radius 3 is 2.55 bits per heavy atom. The molecule has 0 saturated heterocycles. The first-order valence-electron chi connectivity index (χ1n) is 9.09. The molecule has 1 amide bonds. The molecule has 5 nitrogen and oxygen atoms in total. The van der Waals surface area contributed by atoms with Gasteiger partial charge in [-0.1, -0.05) is 18.2 Å². The van der Waals surface area contributed by atoms with E-state index < -0.39 is 0 Å². The average Bonchev–Trinajstić information content (AvgIpc) is 3.19. The molecule has 0 unspecified atom stereocenters. The summed E-state index contributed by atoms with van der Waals surface area (Å²) in [6.45, 7) is 2.05. The number of aryl methyl sites for hydroxylation is 1. The minimum atomic E-state index is -0.221. The van der Waals surface area contributed by atoms with Gasteiger partial charge in [-0.15, -0.1) is 11.3 Å². The van der Waals surface area contributed by atoms with E-state index in [-0.39, 0.29) is 5.91 Å². The van der Waals surface area contributed by atoms with Gasteiger partial charge in [-0.2, -0.15) is 0 Å². The normalized spacial score (nSPS) is 10.7. The van der Waals surface area contributed by atoms with Gasteiger partial charge in [0.15, 0.2) is 0 Å². The van der Waals surface area contributed by atoms with Crippen LogP contribution in [0.15, 0.2) is 60.7 Å². The molecule has 6 heteroatoms. The Kier molecular flexibility index (Phi) is 5.18. The van der Waals surface area contributed by atoms with E-state index in [4.69, 9.17) is 14.5 Å². The zero-order chi connectivity index (χ0) is 20.4. The minimum absolute atomic E-state index is 0.221. The lowest BCUT2D eigenvalue weighted by molar-refractivity contribution is 0.102. The number of hydrogen-bond acceptors (Lipinski definition) is 5. The first-order valence-corrected chi connectivity index (χ1v) is 9.90. The zero-order valence-corrected chi connectivity index (χ0v) is 17.2. The number of nitrogens with one attached hydrogen (secondary N) is 1. The fraction of sp³-hybridized carbons (Fsp3) is 0.130. The average molecular weight is 404 g/mol. The number of nitrogens with zero attached hydrogens (tertiary/aromatic N) is 1. The van der Waals surface area contributed by atoms with Crippen LogP contribution in [0.3, 0.4) is 0 Å². The summed E-state index contributed by atoms with van der Waals surface area (Å²) in [7, 11) is 3.15. The Morgan fingerprint density at radius 2 is 1.83 bits per heavy atom. The van der Waals surface area contributed by atoms with Crippen molar-refractivity contribution in [2.45, 2.75) is 6.92 Å². The molecule has 4 aromatic rings. The van der Waals surface area contributed by atoms with Crippen molar-refractivity contribution in [1.29, 1.82) is 0 Å². The second-order valence-corrected chi connectivity index (χ2v) is 7.79. The highest BCUT2D eigenvalue weighted by Crippen LogP contribution is 2.32. The van der Waals surface area contributed by atoms with Crippen LogP contribution < -0.4 is 14.8 Å². The Labute approximate surface area is 172 Å². The maximum Gasteiger partial charge on any atom is 0.256 e. The number of amides is 1. The van der Waals surface area contributed by atoms with E-state index in [2.05, 4.69) is 18.3 Å². The van der Waals surface area contributed by atoms with Gasteiger partial charge >= 0.3 is 0 Å². The highest BCUT2D eigenvalue weighted by atomic mass is 32.1. The Balaban J connectivity index is 1.77. The number of methoxy groups -OCH3 is 2. The molecule has 2 aromatic carbocycles. The smallest absolute Gasteiger partial charge is 0.256 e. The summed E-state index contributed by atoms with van der Waals surface area (Å²) in [5, 5.41) is 3.76. The summed E-state index contributed by atoms with van der Waals surface area (Å²) in [5.41, 5.74) is 2.71. The molecule has 2 aromatic heterocycles. The summed E-state index contributed by atoms with van der Waals surface area (Å²) in [6.07, 6.45) is 0. The second kappa shape index (κ2) is 7.93. The largest absolute Gasteiger partial charge is 0.497 e. The number of pyridine rings is 1. The maximum atomic E-state index is 13.2. The molecular weight excluding hydrogens is 384 g/mol. The molecule has 0 saturated carbocycles. The van der Waals surface area contributed by atoms with Crippen molar-refractivity contribution in [2.24, 2.45) is 0 Å². The van der Waals surface area contributed by atoms with Crippen molar-refractivity contribution in [2.75, 3.05) is 19.5 Å². The number of para-hydroxylation sites is 1. The number of fused-ring (bicyclic) bond motifs is 1. The lowest BCUT2D eigenvalue weighted by atomic mass is 10.1. The predicted molar refractivity (Wildman–Crippen MR) is 117 cm³/mol. The molecule has 0 fully saturated rings. The molecule has 1 N–H and O–H groups in total. The second-order valence-electron chi connectivity index (χ2n) is 6.50. The van der Waals surface area contributed by atoms with Crippen LogP contribution in [0.5, 0.6) is 11.5 Å². The lowest BCUT2D eigenvalue weighted by Gasteiger charge is -2.13. The first-order chi connectivity index (χ1) is 14.1. The van der Waals surface area contributed by atoms with Crippen LogP contribution in [0.2, 0.25) is 0 Å². The van der Waals surface area contributed by atoms with Gasteiger partial charge in [0.05, 0.1) is 41.6 Å². The van der Waals surface area contributed by atoms with E-state index in [0.29, 0.717) is 22.7 Å². The quantitative estimate of drug-likeness (QED) is 0.474. The third kappa shape index (κ3) is 3.79. The van der Waals surface area contributed by atoms with Gasteiger partial charge < -0.3 is 14.8 Å². The summed E-state index contributed by atoms with van der Waals surface area (Å²) in [6, 6.07) is 18.9.